The van der Waals surface area contributed by atoms with Gasteiger partial charge in [0.15, 0.2) is 11.9 Å². The Labute approximate surface area is 208 Å². The van der Waals surface area contributed by atoms with Crippen LogP contribution in [0.1, 0.15) is 66.0 Å². The molecule has 0 spiro atoms. The fourth-order valence-corrected chi connectivity index (χ4v) is 5.57. The van der Waals surface area contributed by atoms with Gasteiger partial charge in [-0.25, -0.2) is 8.93 Å². The average Bonchev–Trinajstić information content (AvgIpc) is 3.07. The van der Waals surface area contributed by atoms with Gasteiger partial charge in [0.05, 0.1) is 38.4 Å². The normalized spacial score (nSPS) is 27.4. The summed E-state index contributed by atoms with van der Waals surface area (Å²) < 4.78 is 27.1. The van der Waals surface area contributed by atoms with Gasteiger partial charge in [-0.2, -0.15) is 0 Å². The minimum absolute atomic E-state index is 0.00213. The van der Waals surface area contributed by atoms with Crippen molar-refractivity contribution in [2.45, 2.75) is 83.1 Å². The van der Waals surface area contributed by atoms with Gasteiger partial charge >= 0.3 is 0 Å². The van der Waals surface area contributed by atoms with Crippen LogP contribution in [0.4, 0.5) is 0 Å². The molecule has 1 aromatic rings. The van der Waals surface area contributed by atoms with Gasteiger partial charge in [0.25, 0.3) is 5.91 Å². The average molecular weight is 522 g/mol. The van der Waals surface area contributed by atoms with E-state index < -0.39 is 33.7 Å². The highest BCUT2D eigenvalue weighted by Crippen LogP contribution is 2.41. The summed E-state index contributed by atoms with van der Waals surface area (Å²) in [5, 5.41) is 11.2. The van der Waals surface area contributed by atoms with Crippen LogP contribution in [-0.2, 0) is 25.3 Å². The van der Waals surface area contributed by atoms with E-state index in [4.69, 9.17) is 32.7 Å². The number of nitrogens with zero attached hydrogens (tertiary/aromatic N) is 1. The third-order valence-electron chi connectivity index (χ3n) is 6.15. The topological polar surface area (TPSA) is 88.1 Å². The lowest BCUT2D eigenvalue weighted by Crippen LogP contribution is -2.51. The first-order valence-corrected chi connectivity index (χ1v) is 13.1. The molecule has 33 heavy (non-hydrogen) atoms. The second-order valence-electron chi connectivity index (χ2n) is 10.3. The first-order chi connectivity index (χ1) is 15.2. The molecule has 2 aliphatic heterocycles. The predicted octanol–water partition coefficient (Wildman–Crippen LogP) is 4.57. The number of likely N-dealkylation sites (tertiary alicyclic amines) is 1. The van der Waals surface area contributed by atoms with Gasteiger partial charge in [0.1, 0.15) is 5.75 Å². The van der Waals surface area contributed by atoms with Crippen LogP contribution in [0.15, 0.2) is 12.1 Å². The largest absolute Gasteiger partial charge is 0.508 e. The highest BCUT2D eigenvalue weighted by Gasteiger charge is 2.42. The van der Waals surface area contributed by atoms with E-state index in [2.05, 4.69) is 4.72 Å². The number of benzene rings is 1. The molecule has 5 atom stereocenters. The van der Waals surface area contributed by atoms with Crippen molar-refractivity contribution in [2.75, 3.05) is 13.2 Å². The summed E-state index contributed by atoms with van der Waals surface area (Å²) in [6.45, 7) is 12.0. The van der Waals surface area contributed by atoms with E-state index >= 15 is 0 Å². The molecular formula is C23H34Cl2N2O5S. The van der Waals surface area contributed by atoms with E-state index in [1.807, 2.05) is 32.6 Å². The molecule has 7 nitrogen and oxygen atoms in total. The molecule has 2 aliphatic rings. The number of phenols is 1. The van der Waals surface area contributed by atoms with Gasteiger partial charge in [-0.3, -0.25) is 4.79 Å². The number of carbonyl (C=O) groups is 1. The molecule has 0 radical (unpaired) electrons. The zero-order chi connectivity index (χ0) is 24.7. The van der Waals surface area contributed by atoms with E-state index in [-0.39, 0.29) is 35.2 Å². The monoisotopic (exact) mass is 520 g/mol. The van der Waals surface area contributed by atoms with Gasteiger partial charge in [-0.05, 0) is 66.4 Å². The Hall–Kier alpha value is -0.900. The molecule has 186 valence electrons. The molecule has 2 heterocycles. The van der Waals surface area contributed by atoms with Crippen LogP contribution < -0.4 is 4.72 Å². The third-order valence-corrected chi connectivity index (χ3v) is 8.45. The lowest BCUT2D eigenvalue weighted by Gasteiger charge is -2.42. The smallest absolute Gasteiger partial charge is 0.254 e. The zero-order valence-corrected chi connectivity index (χ0v) is 22.3. The number of hydrogen-bond donors (Lipinski definition) is 2. The van der Waals surface area contributed by atoms with Crippen molar-refractivity contribution in [1.29, 1.82) is 0 Å². The summed E-state index contributed by atoms with van der Waals surface area (Å²) in [5.41, 5.74) is 0.549. The lowest BCUT2D eigenvalue weighted by molar-refractivity contribution is -0.163. The summed E-state index contributed by atoms with van der Waals surface area (Å²) in [7, 11) is -1.38. The maximum atomic E-state index is 13.1. The number of nitrogens with one attached hydrogen (secondary N) is 1. The maximum absolute atomic E-state index is 13.1. The van der Waals surface area contributed by atoms with Crippen molar-refractivity contribution < 1.29 is 23.6 Å². The van der Waals surface area contributed by atoms with Gasteiger partial charge in [0, 0.05) is 24.2 Å². The predicted molar refractivity (Wildman–Crippen MR) is 131 cm³/mol. The zero-order valence-electron chi connectivity index (χ0n) is 20.0. The van der Waals surface area contributed by atoms with Gasteiger partial charge in [0.2, 0.25) is 0 Å². The molecule has 0 aliphatic carbocycles. The second-order valence-corrected chi connectivity index (χ2v) is 13.1. The molecule has 1 amide bonds. The Morgan fingerprint density at radius 1 is 1.30 bits per heavy atom. The summed E-state index contributed by atoms with van der Waals surface area (Å²) in [6.07, 6.45) is 0.702. The molecule has 2 saturated heterocycles. The number of amides is 1. The Balaban J connectivity index is 1.82. The van der Waals surface area contributed by atoms with Crippen molar-refractivity contribution >= 4 is 40.1 Å². The molecular weight excluding hydrogens is 487 g/mol. The van der Waals surface area contributed by atoms with Crippen molar-refractivity contribution in [3.8, 4) is 5.75 Å². The van der Waals surface area contributed by atoms with Crippen LogP contribution in [0.2, 0.25) is 10.0 Å². The van der Waals surface area contributed by atoms with Crippen LogP contribution in [0.5, 0.6) is 5.75 Å². The molecule has 10 heteroatoms. The number of ether oxygens (including phenoxy) is 2. The van der Waals surface area contributed by atoms with Crippen molar-refractivity contribution in [3.05, 3.63) is 27.7 Å². The van der Waals surface area contributed by atoms with Gasteiger partial charge in [-0.15, -0.1) is 0 Å². The van der Waals surface area contributed by atoms with Crippen LogP contribution in [-0.4, -0.2) is 56.0 Å². The van der Waals surface area contributed by atoms with Crippen molar-refractivity contribution in [3.63, 3.8) is 0 Å². The Morgan fingerprint density at radius 2 is 1.94 bits per heavy atom. The van der Waals surface area contributed by atoms with E-state index in [1.165, 1.54) is 6.07 Å². The minimum atomic E-state index is -1.38. The van der Waals surface area contributed by atoms with Gasteiger partial charge in [-0.1, -0.05) is 23.2 Å². The highest BCUT2D eigenvalue weighted by molar-refractivity contribution is 7.84. The van der Waals surface area contributed by atoms with Gasteiger partial charge < -0.3 is 19.5 Å². The van der Waals surface area contributed by atoms with Crippen LogP contribution in [0, 0.1) is 5.92 Å². The number of aromatic hydroxyl groups is 1. The summed E-state index contributed by atoms with van der Waals surface area (Å²) in [4.78, 5) is 14.9. The Bertz CT molecular complexity index is 921. The highest BCUT2D eigenvalue weighted by atomic mass is 35.5. The summed E-state index contributed by atoms with van der Waals surface area (Å²) in [5.74, 6) is -0.834. The number of carbonyl (C=O) groups excluding carboxylic acids is 1. The van der Waals surface area contributed by atoms with E-state index in [1.54, 1.807) is 19.9 Å². The van der Waals surface area contributed by atoms with Crippen LogP contribution >= 0.6 is 23.2 Å². The molecule has 0 aromatic heterocycles. The van der Waals surface area contributed by atoms with Crippen molar-refractivity contribution in [2.24, 2.45) is 5.92 Å². The maximum Gasteiger partial charge on any atom is 0.254 e. The SMILES string of the molecule is C[C@H]1C[C@H]([C@@H](N[S@@](=O)C(C)(C)C)c2cc(Cl)c(Cl)cc2O)CCN1C(=O)[C@H]1COC(C)(C)O1. The van der Waals surface area contributed by atoms with E-state index in [0.717, 1.165) is 0 Å². The lowest BCUT2D eigenvalue weighted by atomic mass is 9.82. The number of piperidine rings is 1. The fourth-order valence-electron chi connectivity index (χ4n) is 4.34. The van der Waals surface area contributed by atoms with Crippen LogP contribution in [0.3, 0.4) is 0 Å². The first kappa shape index (κ1) is 26.7. The fraction of sp³-hybridized carbons (Fsp3) is 0.696. The quantitative estimate of drug-likeness (QED) is 0.593. The number of halogens is 2. The van der Waals surface area contributed by atoms with E-state index in [0.29, 0.717) is 30.0 Å². The molecule has 3 rings (SSSR count). The van der Waals surface area contributed by atoms with E-state index in [9.17, 15) is 14.1 Å². The summed E-state index contributed by atoms with van der Waals surface area (Å²) >= 11 is 12.3. The second kappa shape index (κ2) is 9.99. The Kier molecular flexibility index (Phi) is 8.09. The number of rotatable bonds is 5. The molecule has 0 saturated carbocycles. The molecule has 0 bridgehead atoms. The molecule has 1 aromatic carbocycles. The molecule has 2 N–H and O–H groups in total. The number of phenolic OH excluding ortho intramolecular Hbond substituents is 1. The first-order valence-electron chi connectivity index (χ1n) is 11.2. The minimum Gasteiger partial charge on any atom is -0.508 e. The number of hydrogen-bond acceptors (Lipinski definition) is 5. The van der Waals surface area contributed by atoms with Crippen LogP contribution in [0.25, 0.3) is 0 Å². The molecule has 2 fully saturated rings. The summed E-state index contributed by atoms with van der Waals surface area (Å²) in [6, 6.07) is 2.55. The van der Waals surface area contributed by atoms with Crippen molar-refractivity contribution in [1.82, 2.24) is 9.62 Å². The third kappa shape index (κ3) is 6.21. The molecule has 0 unspecified atom stereocenters. The standard InChI is InChI=1S/C23H34Cl2N2O5S/c1-13-9-14(7-8-27(13)21(29)19-12-31-23(5,6)32-19)20(26-33(30)22(2,3)4)15-10-16(24)17(25)11-18(15)28/h10-11,13-14,19-20,26,28H,7-9,12H2,1-6H3/t13-,14+,19+,20+,33-/m0/s1. The Morgan fingerprint density at radius 3 is 2.48 bits per heavy atom.